The van der Waals surface area contributed by atoms with Gasteiger partial charge in [0.05, 0.1) is 0 Å². The summed E-state index contributed by atoms with van der Waals surface area (Å²) in [5.41, 5.74) is 16.9. The second kappa shape index (κ2) is 17.1. The van der Waals surface area contributed by atoms with Gasteiger partial charge in [0, 0.05) is 55.7 Å². The second-order valence-corrected chi connectivity index (χ2v) is 18.5. The highest BCUT2D eigenvalue weighted by Crippen LogP contribution is 2.42. The third kappa shape index (κ3) is 7.33. The van der Waals surface area contributed by atoms with Gasteiger partial charge in [-0.05, 0) is 164 Å². The van der Waals surface area contributed by atoms with E-state index in [2.05, 4.69) is 252 Å². The first kappa shape index (κ1) is 41.3. The molecule has 0 spiro atoms. The normalized spacial score (nSPS) is 11.6. The van der Waals surface area contributed by atoms with Crippen LogP contribution >= 0.6 is 0 Å². The Labute approximate surface area is 416 Å². The monoisotopic (exact) mass is 920 g/mol. The van der Waals surface area contributed by atoms with Crippen molar-refractivity contribution in [2.75, 3.05) is 9.80 Å². The summed E-state index contributed by atoms with van der Waals surface area (Å²) in [5.74, 6) is 0. The van der Waals surface area contributed by atoms with Crippen LogP contribution in [-0.4, -0.2) is 0 Å². The number of benzene rings is 12. The summed E-state index contributed by atoms with van der Waals surface area (Å²) in [5, 5.41) is 9.36. The van der Waals surface area contributed by atoms with Gasteiger partial charge < -0.3 is 18.6 Å². The van der Waals surface area contributed by atoms with E-state index in [9.17, 15) is 0 Å². The summed E-state index contributed by atoms with van der Waals surface area (Å²) >= 11 is 0. The Morgan fingerprint density at radius 3 is 0.875 bits per heavy atom. The molecule has 0 aliphatic rings. The number of para-hydroxylation sites is 2. The molecule has 0 atom stereocenters. The Morgan fingerprint density at radius 2 is 0.486 bits per heavy atom. The van der Waals surface area contributed by atoms with Crippen LogP contribution in [0, 0.1) is 0 Å². The fourth-order valence-electron chi connectivity index (χ4n) is 10.5. The number of rotatable bonds is 9. The van der Waals surface area contributed by atoms with E-state index in [0.29, 0.717) is 0 Å². The lowest BCUT2D eigenvalue weighted by molar-refractivity contribution is 0.668. The minimum atomic E-state index is 0.896. The van der Waals surface area contributed by atoms with Gasteiger partial charge in [-0.25, -0.2) is 0 Å². The first-order valence-electron chi connectivity index (χ1n) is 24.5. The van der Waals surface area contributed by atoms with Crippen LogP contribution in [0.1, 0.15) is 0 Å². The van der Waals surface area contributed by atoms with Gasteiger partial charge in [-0.2, -0.15) is 0 Å². The van der Waals surface area contributed by atoms with Crippen molar-refractivity contribution in [3.63, 3.8) is 0 Å². The van der Waals surface area contributed by atoms with E-state index in [0.717, 1.165) is 111 Å². The Hall–Kier alpha value is -9.64. The van der Waals surface area contributed by atoms with Crippen molar-refractivity contribution in [2.24, 2.45) is 0 Å². The van der Waals surface area contributed by atoms with Crippen LogP contribution in [0.25, 0.3) is 98.8 Å². The van der Waals surface area contributed by atoms with Crippen LogP contribution in [0.4, 0.5) is 34.1 Å². The molecule has 0 saturated heterocycles. The van der Waals surface area contributed by atoms with E-state index in [1.165, 1.54) is 21.5 Å². The molecule has 0 aliphatic carbocycles. The largest absolute Gasteiger partial charge is 0.456 e. The van der Waals surface area contributed by atoms with Crippen molar-refractivity contribution in [3.8, 4) is 33.4 Å². The second-order valence-electron chi connectivity index (χ2n) is 18.5. The highest BCUT2D eigenvalue weighted by Gasteiger charge is 2.18. The zero-order valence-electron chi connectivity index (χ0n) is 39.1. The average molecular weight is 921 g/mol. The minimum Gasteiger partial charge on any atom is -0.456 e. The van der Waals surface area contributed by atoms with Crippen molar-refractivity contribution < 1.29 is 8.83 Å². The van der Waals surface area contributed by atoms with Crippen LogP contribution in [-0.2, 0) is 0 Å². The predicted octanol–water partition coefficient (Wildman–Crippen LogP) is 19.7. The molecule has 0 unspecified atom stereocenters. The molecule has 4 nitrogen and oxygen atoms in total. The summed E-state index contributed by atoms with van der Waals surface area (Å²) in [4.78, 5) is 4.69. The molecule has 0 fully saturated rings. The number of anilines is 6. The molecule has 72 heavy (non-hydrogen) atoms. The van der Waals surface area contributed by atoms with Gasteiger partial charge >= 0.3 is 0 Å². The molecule has 4 heteroatoms. The molecular weight excluding hydrogens is 877 g/mol. The van der Waals surface area contributed by atoms with E-state index in [-0.39, 0.29) is 0 Å². The van der Waals surface area contributed by atoms with E-state index >= 15 is 0 Å². The third-order valence-electron chi connectivity index (χ3n) is 14.2. The summed E-state index contributed by atoms with van der Waals surface area (Å²) in [6.07, 6.45) is 0. The maximum absolute atomic E-state index is 6.25. The predicted molar refractivity (Wildman–Crippen MR) is 302 cm³/mol. The molecule has 0 saturated carbocycles. The number of fused-ring (bicyclic) bond motifs is 8. The Kier molecular flexibility index (Phi) is 9.82. The zero-order valence-corrected chi connectivity index (χ0v) is 39.1. The van der Waals surface area contributed by atoms with Gasteiger partial charge in [0.15, 0.2) is 0 Å². The van der Waals surface area contributed by atoms with Gasteiger partial charge in [0.2, 0.25) is 0 Å². The molecule has 14 rings (SSSR count). The number of hydrogen-bond acceptors (Lipinski definition) is 4. The van der Waals surface area contributed by atoms with Gasteiger partial charge in [0.1, 0.15) is 22.3 Å². The first-order valence-corrected chi connectivity index (χ1v) is 24.5. The lowest BCUT2D eigenvalue weighted by Gasteiger charge is -2.27. The van der Waals surface area contributed by atoms with Gasteiger partial charge in [-0.1, -0.05) is 158 Å². The van der Waals surface area contributed by atoms with Gasteiger partial charge in [-0.15, -0.1) is 0 Å². The SMILES string of the molecule is c1ccc2cc(N(c3ccc(-c4ccc(N(c5ccc(-c6ccc7c(c6)oc6ccccc67)cc5)c5ccc6ccccc6c5)cc4)cc3)c3ccc(-c4ccc5c(c4)oc4ccccc45)cc3)ccc2c1. The Balaban J connectivity index is 0.781. The number of nitrogens with zero attached hydrogens (tertiary/aromatic N) is 2. The van der Waals surface area contributed by atoms with Gasteiger partial charge in [-0.3, -0.25) is 0 Å². The fraction of sp³-hybridized carbons (Fsp3) is 0. The first-order chi connectivity index (χ1) is 35.6. The van der Waals surface area contributed by atoms with Crippen LogP contribution in [0.5, 0.6) is 0 Å². The summed E-state index contributed by atoms with van der Waals surface area (Å²) < 4.78 is 12.5. The lowest BCUT2D eigenvalue weighted by atomic mass is 10.0. The highest BCUT2D eigenvalue weighted by atomic mass is 16.3. The van der Waals surface area contributed by atoms with E-state index < -0.39 is 0 Å². The van der Waals surface area contributed by atoms with Crippen molar-refractivity contribution in [1.82, 2.24) is 0 Å². The van der Waals surface area contributed by atoms with Crippen LogP contribution < -0.4 is 9.80 Å². The van der Waals surface area contributed by atoms with E-state index in [4.69, 9.17) is 8.83 Å². The quantitative estimate of drug-likeness (QED) is 0.144. The standard InChI is InChI=1S/C68H44N2O2/c1-3-11-51-41-59(37-25-45(51)9-1)69(57-33-21-49(22-34-57)53-27-39-63-61-13-5-7-15-65(61)71-67(63)43-53)55-29-17-47(18-30-55)48-19-31-56(32-20-48)70(60-38-26-46-10-2-4-12-52(46)42-60)58-35-23-50(24-36-58)54-28-40-64-62-14-6-8-16-66(62)72-68(64)44-54/h1-44H. The Bertz CT molecular complexity index is 4040. The number of hydrogen-bond donors (Lipinski definition) is 0. The molecule has 0 aliphatic heterocycles. The Morgan fingerprint density at radius 1 is 0.194 bits per heavy atom. The minimum absolute atomic E-state index is 0.896. The lowest BCUT2D eigenvalue weighted by Crippen LogP contribution is -2.10. The topological polar surface area (TPSA) is 32.8 Å². The molecule has 14 aromatic rings. The molecule has 0 radical (unpaired) electrons. The maximum atomic E-state index is 6.25. The highest BCUT2D eigenvalue weighted by molar-refractivity contribution is 6.07. The average Bonchev–Trinajstić information content (AvgIpc) is 4.02. The molecule has 2 aromatic heterocycles. The molecule has 0 bridgehead atoms. The molecule has 0 amide bonds. The van der Waals surface area contributed by atoms with Crippen molar-refractivity contribution in [3.05, 3.63) is 267 Å². The summed E-state index contributed by atoms with van der Waals surface area (Å²) in [6.45, 7) is 0. The third-order valence-corrected chi connectivity index (χ3v) is 14.2. The van der Waals surface area contributed by atoms with E-state index in [1.54, 1.807) is 0 Å². The molecule has 0 N–H and O–H groups in total. The molecular formula is C68H44N2O2. The maximum Gasteiger partial charge on any atom is 0.136 e. The molecule has 338 valence electrons. The van der Waals surface area contributed by atoms with Crippen LogP contribution in [0.3, 0.4) is 0 Å². The zero-order chi connectivity index (χ0) is 47.5. The van der Waals surface area contributed by atoms with Crippen LogP contribution in [0.15, 0.2) is 276 Å². The van der Waals surface area contributed by atoms with E-state index in [1.807, 2.05) is 24.3 Å². The molecule has 12 aromatic carbocycles. The van der Waals surface area contributed by atoms with Crippen molar-refractivity contribution >= 4 is 99.5 Å². The van der Waals surface area contributed by atoms with Gasteiger partial charge in [0.25, 0.3) is 0 Å². The smallest absolute Gasteiger partial charge is 0.136 e. The van der Waals surface area contributed by atoms with Crippen molar-refractivity contribution in [1.29, 1.82) is 0 Å². The number of furan rings is 2. The summed E-state index contributed by atoms with van der Waals surface area (Å²) in [7, 11) is 0. The van der Waals surface area contributed by atoms with Crippen LogP contribution in [0.2, 0.25) is 0 Å². The van der Waals surface area contributed by atoms with Crippen molar-refractivity contribution in [2.45, 2.75) is 0 Å². The fourth-order valence-corrected chi connectivity index (χ4v) is 10.5. The molecule has 2 heterocycles. The summed E-state index contributed by atoms with van der Waals surface area (Å²) in [6, 6.07) is 95.6.